The zero-order valence-electron chi connectivity index (χ0n) is 15.9. The molecule has 1 aliphatic heterocycles. The van der Waals surface area contributed by atoms with Crippen molar-refractivity contribution >= 4 is 5.91 Å². The van der Waals surface area contributed by atoms with E-state index in [1.54, 1.807) is 0 Å². The van der Waals surface area contributed by atoms with Gasteiger partial charge in [0.15, 0.2) is 0 Å². The van der Waals surface area contributed by atoms with Gasteiger partial charge in [0.05, 0.1) is 5.69 Å². The molecule has 0 radical (unpaired) electrons. The van der Waals surface area contributed by atoms with E-state index in [0.717, 1.165) is 51.1 Å². The third-order valence-electron chi connectivity index (χ3n) is 5.54. The number of rotatable bonds is 5. The lowest BCUT2D eigenvalue weighted by atomic mass is 9.94. The van der Waals surface area contributed by atoms with Crippen molar-refractivity contribution < 1.29 is 4.79 Å². The van der Waals surface area contributed by atoms with Gasteiger partial charge >= 0.3 is 0 Å². The molecule has 0 bridgehead atoms. The maximum absolute atomic E-state index is 12.9. The molecule has 0 aromatic carbocycles. The molecule has 6 nitrogen and oxygen atoms in total. The van der Waals surface area contributed by atoms with E-state index in [1.165, 1.54) is 32.1 Å². The molecule has 1 saturated heterocycles. The zero-order valence-corrected chi connectivity index (χ0v) is 15.9. The van der Waals surface area contributed by atoms with Crippen LogP contribution in [-0.2, 0) is 17.9 Å². The summed E-state index contributed by atoms with van der Waals surface area (Å²) in [7, 11) is 4.08. The Labute approximate surface area is 151 Å². The molecule has 2 aliphatic rings. The second kappa shape index (κ2) is 8.79. The van der Waals surface area contributed by atoms with Gasteiger partial charge in [-0.2, -0.15) is 0 Å². The number of amides is 1. The highest BCUT2D eigenvalue weighted by atomic mass is 16.2. The van der Waals surface area contributed by atoms with E-state index in [0.29, 0.717) is 11.8 Å². The summed E-state index contributed by atoms with van der Waals surface area (Å²) in [5.41, 5.74) is 1.01. The highest BCUT2D eigenvalue weighted by molar-refractivity contribution is 5.79. The summed E-state index contributed by atoms with van der Waals surface area (Å²) in [6.45, 7) is 3.51. The van der Waals surface area contributed by atoms with Crippen LogP contribution in [0.15, 0.2) is 6.20 Å². The van der Waals surface area contributed by atoms with Crippen molar-refractivity contribution in [2.45, 2.75) is 64.5 Å². The number of aromatic nitrogens is 3. The van der Waals surface area contributed by atoms with Crippen molar-refractivity contribution in [3.63, 3.8) is 0 Å². The molecule has 2 heterocycles. The SMILES string of the molecule is CN(C)Cc1cn(C[C@@H]2CCCN(C(=O)C3CCCCCC3)C2)nn1. The highest BCUT2D eigenvalue weighted by Gasteiger charge is 2.29. The molecular weight excluding hydrogens is 314 g/mol. The molecule has 0 spiro atoms. The monoisotopic (exact) mass is 347 g/mol. The molecule has 140 valence electrons. The minimum absolute atomic E-state index is 0.277. The second-order valence-electron chi connectivity index (χ2n) is 8.15. The van der Waals surface area contributed by atoms with Gasteiger partial charge in [0, 0.05) is 38.3 Å². The Kier molecular flexibility index (Phi) is 6.45. The first-order chi connectivity index (χ1) is 12.1. The van der Waals surface area contributed by atoms with E-state index in [-0.39, 0.29) is 5.92 Å². The Balaban J connectivity index is 1.53. The fourth-order valence-corrected chi connectivity index (χ4v) is 4.29. The van der Waals surface area contributed by atoms with Crippen LogP contribution < -0.4 is 0 Å². The first kappa shape index (κ1) is 18.4. The molecule has 0 N–H and O–H groups in total. The molecule has 3 rings (SSSR count). The van der Waals surface area contributed by atoms with Gasteiger partial charge in [-0.1, -0.05) is 30.9 Å². The van der Waals surface area contributed by atoms with E-state index in [1.807, 2.05) is 25.0 Å². The first-order valence-corrected chi connectivity index (χ1v) is 9.94. The van der Waals surface area contributed by atoms with Crippen LogP contribution in [0.1, 0.15) is 57.1 Å². The fourth-order valence-electron chi connectivity index (χ4n) is 4.29. The molecule has 1 aromatic rings. The second-order valence-corrected chi connectivity index (χ2v) is 8.15. The number of carbonyl (C=O) groups excluding carboxylic acids is 1. The van der Waals surface area contributed by atoms with Crippen molar-refractivity contribution in [3.05, 3.63) is 11.9 Å². The van der Waals surface area contributed by atoms with Gasteiger partial charge in [-0.3, -0.25) is 9.48 Å². The Morgan fingerprint density at radius 1 is 1.16 bits per heavy atom. The van der Waals surface area contributed by atoms with E-state index in [4.69, 9.17) is 0 Å². The van der Waals surface area contributed by atoms with Crippen molar-refractivity contribution in [2.75, 3.05) is 27.2 Å². The molecule has 6 heteroatoms. The number of hydrogen-bond acceptors (Lipinski definition) is 4. The summed E-state index contributed by atoms with van der Waals surface area (Å²) < 4.78 is 1.96. The third kappa shape index (κ3) is 5.27. The smallest absolute Gasteiger partial charge is 0.225 e. The van der Waals surface area contributed by atoms with Gasteiger partial charge in [-0.05, 0) is 45.7 Å². The third-order valence-corrected chi connectivity index (χ3v) is 5.54. The van der Waals surface area contributed by atoms with Gasteiger partial charge < -0.3 is 9.80 Å². The topological polar surface area (TPSA) is 54.3 Å². The standard InChI is InChI=1S/C19H33N5O/c1-22(2)14-18-15-24(21-20-18)13-16-8-7-11-23(12-16)19(25)17-9-5-3-4-6-10-17/h15-17H,3-14H2,1-2H3/t16-/m1/s1. The van der Waals surface area contributed by atoms with Crippen LogP contribution in [0.4, 0.5) is 0 Å². The van der Waals surface area contributed by atoms with Crippen LogP contribution in [0.5, 0.6) is 0 Å². The molecule has 1 atom stereocenters. The van der Waals surface area contributed by atoms with E-state index >= 15 is 0 Å². The average Bonchev–Trinajstić information content (AvgIpc) is 2.85. The average molecular weight is 348 g/mol. The normalized spacial score (nSPS) is 23.0. The van der Waals surface area contributed by atoms with Crippen LogP contribution in [0.3, 0.4) is 0 Å². The fraction of sp³-hybridized carbons (Fsp3) is 0.842. The van der Waals surface area contributed by atoms with Crippen molar-refractivity contribution in [3.8, 4) is 0 Å². The molecular formula is C19H33N5O. The predicted molar refractivity (Wildman–Crippen MR) is 97.9 cm³/mol. The Morgan fingerprint density at radius 3 is 2.64 bits per heavy atom. The van der Waals surface area contributed by atoms with Gasteiger partial charge in [0.25, 0.3) is 0 Å². The zero-order chi connectivity index (χ0) is 17.6. The molecule has 1 aliphatic carbocycles. The van der Waals surface area contributed by atoms with Crippen LogP contribution in [0.2, 0.25) is 0 Å². The van der Waals surface area contributed by atoms with E-state index in [2.05, 4.69) is 20.1 Å². The van der Waals surface area contributed by atoms with E-state index < -0.39 is 0 Å². The van der Waals surface area contributed by atoms with Crippen molar-refractivity contribution in [2.24, 2.45) is 11.8 Å². The van der Waals surface area contributed by atoms with Gasteiger partial charge in [-0.25, -0.2) is 0 Å². The lowest BCUT2D eigenvalue weighted by Crippen LogP contribution is -2.44. The number of piperidine rings is 1. The molecule has 25 heavy (non-hydrogen) atoms. The molecule has 2 fully saturated rings. The highest BCUT2D eigenvalue weighted by Crippen LogP contribution is 2.27. The lowest BCUT2D eigenvalue weighted by Gasteiger charge is -2.34. The summed E-state index contributed by atoms with van der Waals surface area (Å²) in [5, 5.41) is 8.52. The van der Waals surface area contributed by atoms with Crippen LogP contribution in [0.25, 0.3) is 0 Å². The number of hydrogen-bond donors (Lipinski definition) is 0. The van der Waals surface area contributed by atoms with Crippen LogP contribution in [0, 0.1) is 11.8 Å². The summed E-state index contributed by atoms with van der Waals surface area (Å²) in [6.07, 6.45) is 11.6. The molecule has 0 unspecified atom stereocenters. The Hall–Kier alpha value is -1.43. The molecule has 1 amide bonds. The number of likely N-dealkylation sites (tertiary alicyclic amines) is 1. The number of carbonyl (C=O) groups is 1. The van der Waals surface area contributed by atoms with Gasteiger partial charge in [-0.15, -0.1) is 5.10 Å². The van der Waals surface area contributed by atoms with Crippen LogP contribution in [-0.4, -0.2) is 57.9 Å². The predicted octanol–water partition coefficient (Wildman–Crippen LogP) is 2.55. The Morgan fingerprint density at radius 2 is 1.92 bits per heavy atom. The maximum atomic E-state index is 12.9. The maximum Gasteiger partial charge on any atom is 0.225 e. The summed E-state index contributed by atoms with van der Waals surface area (Å²) in [4.78, 5) is 17.2. The molecule has 1 saturated carbocycles. The first-order valence-electron chi connectivity index (χ1n) is 9.94. The van der Waals surface area contributed by atoms with Gasteiger partial charge in [0.1, 0.15) is 0 Å². The number of nitrogens with zero attached hydrogens (tertiary/aromatic N) is 5. The summed E-state index contributed by atoms with van der Waals surface area (Å²) >= 11 is 0. The van der Waals surface area contributed by atoms with E-state index in [9.17, 15) is 4.79 Å². The van der Waals surface area contributed by atoms with Crippen molar-refractivity contribution in [1.29, 1.82) is 0 Å². The summed E-state index contributed by atoms with van der Waals surface area (Å²) in [5.74, 6) is 1.19. The Bertz CT molecular complexity index is 548. The lowest BCUT2D eigenvalue weighted by molar-refractivity contribution is -0.138. The summed E-state index contributed by atoms with van der Waals surface area (Å²) in [6, 6.07) is 0. The quantitative estimate of drug-likeness (QED) is 0.768. The largest absolute Gasteiger partial charge is 0.342 e. The van der Waals surface area contributed by atoms with Gasteiger partial charge in [0.2, 0.25) is 5.91 Å². The molecule has 1 aromatic heterocycles. The van der Waals surface area contributed by atoms with Crippen LogP contribution >= 0.6 is 0 Å². The minimum atomic E-state index is 0.277. The van der Waals surface area contributed by atoms with Crippen molar-refractivity contribution in [1.82, 2.24) is 24.8 Å². The minimum Gasteiger partial charge on any atom is -0.342 e.